The second kappa shape index (κ2) is 7.87. The number of anilines is 1. The number of rotatable bonds is 6. The molecule has 0 aliphatic carbocycles. The monoisotopic (exact) mass is 406 g/mol. The van der Waals surface area contributed by atoms with Crippen molar-refractivity contribution in [2.75, 3.05) is 18.5 Å². The van der Waals surface area contributed by atoms with E-state index in [4.69, 9.17) is 16.3 Å². The molecular formula is C15H18ClF3N6O2. The highest BCUT2D eigenvalue weighted by Gasteiger charge is 2.37. The number of aromatic nitrogens is 4. The van der Waals surface area contributed by atoms with Crippen molar-refractivity contribution in [3.05, 3.63) is 38.5 Å². The summed E-state index contributed by atoms with van der Waals surface area (Å²) in [6, 6.07) is -0.507. The van der Waals surface area contributed by atoms with Gasteiger partial charge in [-0.15, -0.1) is 0 Å². The average Bonchev–Trinajstić information content (AvgIpc) is 2.90. The van der Waals surface area contributed by atoms with Gasteiger partial charge in [-0.2, -0.15) is 23.4 Å². The molecule has 8 nitrogen and oxygen atoms in total. The topological polar surface area (TPSA) is 96.9 Å². The number of aromatic amines is 1. The van der Waals surface area contributed by atoms with E-state index in [9.17, 15) is 18.0 Å². The van der Waals surface area contributed by atoms with Crippen LogP contribution in [0, 0.1) is 0 Å². The molecule has 148 valence electrons. The van der Waals surface area contributed by atoms with Crippen LogP contribution in [0.1, 0.15) is 23.9 Å². The summed E-state index contributed by atoms with van der Waals surface area (Å²) in [7, 11) is 0. The molecule has 0 radical (unpaired) electrons. The zero-order valence-electron chi connectivity index (χ0n) is 14.4. The van der Waals surface area contributed by atoms with Gasteiger partial charge in [0.2, 0.25) is 0 Å². The number of hydrogen-bond acceptors (Lipinski definition) is 6. The lowest BCUT2D eigenvalue weighted by molar-refractivity contribution is -0.138. The quantitative estimate of drug-likeness (QED) is 0.676. The summed E-state index contributed by atoms with van der Waals surface area (Å²) in [5.74, 6) is 0. The summed E-state index contributed by atoms with van der Waals surface area (Å²) in [5.41, 5.74) is -1.55. The Morgan fingerprint density at radius 1 is 1.48 bits per heavy atom. The fourth-order valence-electron chi connectivity index (χ4n) is 2.80. The molecule has 0 saturated heterocycles. The molecule has 0 unspecified atom stereocenters. The van der Waals surface area contributed by atoms with Crippen LogP contribution < -0.4 is 16.2 Å². The van der Waals surface area contributed by atoms with Gasteiger partial charge >= 0.3 is 6.18 Å². The van der Waals surface area contributed by atoms with Crippen molar-refractivity contribution >= 4 is 17.3 Å². The molecule has 2 aromatic rings. The van der Waals surface area contributed by atoms with Crippen LogP contribution in [0.5, 0.6) is 0 Å². The SMILES string of the molecule is C[C@@H](COCc1nn2c(c1Cl)CNCC2)Nc1cn[nH]c(=O)c1C(F)(F)F. The molecule has 3 rings (SSSR count). The molecule has 3 N–H and O–H groups in total. The fraction of sp³-hybridized carbons (Fsp3) is 0.533. The highest BCUT2D eigenvalue weighted by Crippen LogP contribution is 2.31. The maximum Gasteiger partial charge on any atom is 0.423 e. The van der Waals surface area contributed by atoms with Gasteiger partial charge in [0.15, 0.2) is 0 Å². The van der Waals surface area contributed by atoms with Gasteiger partial charge in [-0.1, -0.05) is 11.6 Å². The largest absolute Gasteiger partial charge is 0.423 e. The first-order valence-electron chi connectivity index (χ1n) is 8.21. The van der Waals surface area contributed by atoms with Gasteiger partial charge in [0, 0.05) is 19.1 Å². The number of halogens is 4. The van der Waals surface area contributed by atoms with Gasteiger partial charge in [0.25, 0.3) is 5.56 Å². The van der Waals surface area contributed by atoms with Gasteiger partial charge in [-0.05, 0) is 6.92 Å². The number of nitrogens with one attached hydrogen (secondary N) is 3. The Kier molecular flexibility index (Phi) is 5.72. The van der Waals surface area contributed by atoms with Gasteiger partial charge in [-0.3, -0.25) is 9.48 Å². The van der Waals surface area contributed by atoms with Crippen molar-refractivity contribution in [3.63, 3.8) is 0 Å². The van der Waals surface area contributed by atoms with Crippen molar-refractivity contribution < 1.29 is 17.9 Å². The predicted molar refractivity (Wildman–Crippen MR) is 91.5 cm³/mol. The molecule has 0 aromatic carbocycles. The lowest BCUT2D eigenvalue weighted by Gasteiger charge is -2.18. The number of ether oxygens (including phenoxy) is 1. The number of fused-ring (bicyclic) bond motifs is 1. The lowest BCUT2D eigenvalue weighted by atomic mass is 10.2. The first-order valence-corrected chi connectivity index (χ1v) is 8.59. The van der Waals surface area contributed by atoms with Crippen molar-refractivity contribution in [3.8, 4) is 0 Å². The molecule has 0 fully saturated rings. The fourth-order valence-corrected chi connectivity index (χ4v) is 3.05. The van der Waals surface area contributed by atoms with Crippen LogP contribution in [-0.2, 0) is 30.6 Å². The minimum absolute atomic E-state index is 0.0842. The Bertz CT molecular complexity index is 866. The molecule has 0 amide bonds. The van der Waals surface area contributed by atoms with Crippen molar-refractivity contribution in [2.45, 2.75) is 38.8 Å². The number of alkyl halides is 3. The van der Waals surface area contributed by atoms with E-state index >= 15 is 0 Å². The third-order valence-electron chi connectivity index (χ3n) is 4.00. The van der Waals surface area contributed by atoms with E-state index in [1.807, 2.05) is 4.68 Å². The molecule has 2 aromatic heterocycles. The number of nitrogens with zero attached hydrogens (tertiary/aromatic N) is 3. The van der Waals surface area contributed by atoms with Gasteiger partial charge in [0.05, 0.1) is 42.4 Å². The van der Waals surface area contributed by atoms with Crippen LogP contribution in [0.4, 0.5) is 18.9 Å². The summed E-state index contributed by atoms with van der Waals surface area (Å²) < 4.78 is 46.5. The van der Waals surface area contributed by atoms with E-state index in [0.29, 0.717) is 23.8 Å². The van der Waals surface area contributed by atoms with Gasteiger partial charge in [0.1, 0.15) is 11.3 Å². The Labute approximate surface area is 157 Å². The lowest BCUT2D eigenvalue weighted by Crippen LogP contribution is -2.29. The summed E-state index contributed by atoms with van der Waals surface area (Å²) in [5, 5.41) is 15.9. The molecule has 12 heteroatoms. The summed E-state index contributed by atoms with van der Waals surface area (Å²) in [6.45, 7) is 3.98. The predicted octanol–water partition coefficient (Wildman–Crippen LogP) is 1.76. The second-order valence-electron chi connectivity index (χ2n) is 6.15. The minimum atomic E-state index is -4.80. The molecule has 0 saturated carbocycles. The standard InChI is InChI=1S/C15H18ClF3N6O2/c1-8(22-9-4-21-23-14(26)12(9)15(17,18)19)6-27-7-10-13(16)11-5-20-2-3-25(11)24-10/h4,8,20H,2-3,5-7H2,1H3,(H2,22,23,26)/t8-/m0/s1. The van der Waals surface area contributed by atoms with Crippen LogP contribution in [0.3, 0.4) is 0 Å². The van der Waals surface area contributed by atoms with E-state index in [-0.39, 0.29) is 13.2 Å². The van der Waals surface area contributed by atoms with Crippen molar-refractivity contribution in [1.82, 2.24) is 25.3 Å². The van der Waals surface area contributed by atoms with E-state index < -0.39 is 29.0 Å². The molecular weight excluding hydrogens is 389 g/mol. The summed E-state index contributed by atoms with van der Waals surface area (Å²) >= 11 is 6.29. The van der Waals surface area contributed by atoms with Crippen LogP contribution in [-0.4, -0.2) is 39.2 Å². The van der Waals surface area contributed by atoms with Gasteiger partial charge < -0.3 is 15.4 Å². The van der Waals surface area contributed by atoms with Crippen LogP contribution in [0.2, 0.25) is 5.02 Å². The third kappa shape index (κ3) is 4.42. The van der Waals surface area contributed by atoms with Crippen molar-refractivity contribution in [1.29, 1.82) is 0 Å². The molecule has 27 heavy (non-hydrogen) atoms. The highest BCUT2D eigenvalue weighted by atomic mass is 35.5. The van der Waals surface area contributed by atoms with E-state index in [1.54, 1.807) is 12.0 Å². The first kappa shape index (κ1) is 19.6. The van der Waals surface area contributed by atoms with E-state index in [0.717, 1.165) is 18.4 Å². The normalized spacial score (nSPS) is 15.4. The summed E-state index contributed by atoms with van der Waals surface area (Å²) in [4.78, 5) is 11.5. The van der Waals surface area contributed by atoms with Gasteiger partial charge in [-0.25, -0.2) is 5.10 Å². The number of hydrogen-bond donors (Lipinski definition) is 3. The first-order chi connectivity index (χ1) is 12.8. The van der Waals surface area contributed by atoms with Crippen LogP contribution >= 0.6 is 11.6 Å². The molecule has 3 heterocycles. The average molecular weight is 407 g/mol. The minimum Gasteiger partial charge on any atom is -0.378 e. The smallest absolute Gasteiger partial charge is 0.378 e. The Balaban J connectivity index is 1.60. The maximum absolute atomic E-state index is 13.0. The second-order valence-corrected chi connectivity index (χ2v) is 6.53. The van der Waals surface area contributed by atoms with Crippen molar-refractivity contribution in [2.24, 2.45) is 0 Å². The molecule has 0 spiro atoms. The third-order valence-corrected chi connectivity index (χ3v) is 4.44. The molecule has 0 bridgehead atoms. The molecule has 1 atom stereocenters. The van der Waals surface area contributed by atoms with Crippen LogP contribution in [0.25, 0.3) is 0 Å². The molecule has 1 aliphatic rings. The van der Waals surface area contributed by atoms with E-state index in [1.165, 1.54) is 0 Å². The zero-order valence-corrected chi connectivity index (χ0v) is 15.1. The summed E-state index contributed by atoms with van der Waals surface area (Å²) in [6.07, 6.45) is -3.87. The number of H-pyrrole nitrogens is 1. The maximum atomic E-state index is 13.0. The zero-order chi connectivity index (χ0) is 19.6. The van der Waals surface area contributed by atoms with E-state index in [2.05, 4.69) is 20.8 Å². The Morgan fingerprint density at radius 2 is 2.26 bits per heavy atom. The molecule has 1 aliphatic heterocycles. The highest BCUT2D eigenvalue weighted by molar-refractivity contribution is 6.31. The Morgan fingerprint density at radius 3 is 2.96 bits per heavy atom. The van der Waals surface area contributed by atoms with Crippen LogP contribution in [0.15, 0.2) is 11.0 Å². The Hall–Kier alpha value is -2.11.